The summed E-state index contributed by atoms with van der Waals surface area (Å²) < 4.78 is 119. The Morgan fingerprint density at radius 3 is 1.60 bits per heavy atom. The van der Waals surface area contributed by atoms with Gasteiger partial charge in [-0.3, -0.25) is 4.79 Å². The topological polar surface area (TPSA) is 107 Å². The predicted octanol–water partition coefficient (Wildman–Crippen LogP) is 3.97. The minimum Gasteiger partial charge on any atom is -0.463 e. The van der Waals surface area contributed by atoms with Gasteiger partial charge in [-0.1, -0.05) is 38.5 Å². The molecule has 0 saturated carbocycles. The van der Waals surface area contributed by atoms with Crippen molar-refractivity contribution in [3.05, 3.63) is 0 Å². The van der Waals surface area contributed by atoms with Gasteiger partial charge in [0.2, 0.25) is 0 Å². The van der Waals surface area contributed by atoms with E-state index in [1.165, 1.54) is 0 Å². The molecule has 0 rings (SSSR count). The lowest BCUT2D eigenvalue weighted by Crippen LogP contribution is -2.60. The molecular weight excluding hydrogens is 507 g/mol. The molecule has 4 N–H and O–H groups in total. The average molecular weight is 538 g/mol. The number of aliphatic hydroxyl groups excluding tert-OH is 4. The van der Waals surface area contributed by atoms with Crippen molar-refractivity contribution < 1.29 is 69.5 Å². The SMILES string of the molecule is O=C(CCCCCCCCCCC(F)(F)C(F)(F)C(F)(F)C(F)(F)F)OC[C@@H](O)[C@H](O)[C@@H](O)CO. The van der Waals surface area contributed by atoms with Gasteiger partial charge in [-0.2, -0.15) is 39.5 Å². The summed E-state index contributed by atoms with van der Waals surface area (Å²) in [5.74, 6) is -19.6. The average Bonchev–Trinajstić information content (AvgIpc) is 2.76. The van der Waals surface area contributed by atoms with E-state index < -0.39 is 74.3 Å². The second-order valence-electron chi connectivity index (χ2n) is 8.17. The summed E-state index contributed by atoms with van der Waals surface area (Å²) >= 11 is 0. The van der Waals surface area contributed by atoms with Crippen molar-refractivity contribution in [2.75, 3.05) is 13.2 Å². The Morgan fingerprint density at radius 1 is 0.686 bits per heavy atom. The van der Waals surface area contributed by atoms with Gasteiger partial charge in [0.25, 0.3) is 0 Å². The summed E-state index contributed by atoms with van der Waals surface area (Å²) in [6, 6.07) is 0. The molecule has 0 aliphatic heterocycles. The van der Waals surface area contributed by atoms with E-state index in [0.717, 1.165) is 0 Å². The largest absolute Gasteiger partial charge is 0.463 e. The zero-order valence-corrected chi connectivity index (χ0v) is 18.7. The zero-order valence-electron chi connectivity index (χ0n) is 18.7. The summed E-state index contributed by atoms with van der Waals surface area (Å²) in [6.45, 7) is -1.38. The molecule has 0 aromatic rings. The van der Waals surface area contributed by atoms with Gasteiger partial charge in [0, 0.05) is 12.8 Å². The van der Waals surface area contributed by atoms with Crippen molar-refractivity contribution in [1.29, 1.82) is 0 Å². The second-order valence-corrected chi connectivity index (χ2v) is 8.17. The van der Waals surface area contributed by atoms with Crippen LogP contribution >= 0.6 is 0 Å². The number of halogens is 9. The van der Waals surface area contributed by atoms with E-state index in [4.69, 9.17) is 14.9 Å². The fourth-order valence-electron chi connectivity index (χ4n) is 2.96. The summed E-state index contributed by atoms with van der Waals surface area (Å²) in [5, 5.41) is 36.7. The fourth-order valence-corrected chi connectivity index (χ4v) is 2.96. The number of unbranched alkanes of at least 4 members (excludes halogenated alkanes) is 7. The highest BCUT2D eigenvalue weighted by Gasteiger charge is 2.81. The van der Waals surface area contributed by atoms with Gasteiger partial charge in [-0.05, 0) is 12.8 Å². The summed E-state index contributed by atoms with van der Waals surface area (Å²) in [4.78, 5) is 11.5. The van der Waals surface area contributed by atoms with Crippen LogP contribution < -0.4 is 0 Å². The Morgan fingerprint density at radius 2 is 1.14 bits per heavy atom. The molecule has 15 heteroatoms. The summed E-state index contributed by atoms with van der Waals surface area (Å²) in [7, 11) is 0. The van der Waals surface area contributed by atoms with Crippen molar-refractivity contribution in [1.82, 2.24) is 0 Å². The molecular formula is C20H31F9O6. The Kier molecular flexibility index (Phi) is 13.9. The number of aliphatic hydroxyl groups is 4. The Hall–Kier alpha value is -1.32. The zero-order chi connectivity index (χ0) is 27.5. The van der Waals surface area contributed by atoms with Crippen LogP contribution in [-0.4, -0.2) is 81.9 Å². The highest BCUT2D eigenvalue weighted by Crippen LogP contribution is 2.54. The third kappa shape index (κ3) is 10.3. The van der Waals surface area contributed by atoms with E-state index >= 15 is 0 Å². The monoisotopic (exact) mass is 538 g/mol. The molecule has 0 aliphatic rings. The molecule has 0 amide bonds. The van der Waals surface area contributed by atoms with Gasteiger partial charge in [-0.15, -0.1) is 0 Å². The van der Waals surface area contributed by atoms with E-state index in [9.17, 15) is 54.5 Å². The van der Waals surface area contributed by atoms with Crippen LogP contribution in [0.15, 0.2) is 0 Å². The van der Waals surface area contributed by atoms with Crippen molar-refractivity contribution >= 4 is 5.97 Å². The molecule has 0 bridgehead atoms. The second kappa shape index (κ2) is 14.4. The lowest BCUT2D eigenvalue weighted by Gasteiger charge is -2.33. The lowest BCUT2D eigenvalue weighted by atomic mass is 9.97. The van der Waals surface area contributed by atoms with E-state index in [2.05, 4.69) is 0 Å². The number of hydrogen-bond donors (Lipinski definition) is 4. The maximum Gasteiger partial charge on any atom is 0.460 e. The number of carbonyl (C=O) groups is 1. The van der Waals surface area contributed by atoms with Crippen molar-refractivity contribution in [3.63, 3.8) is 0 Å². The van der Waals surface area contributed by atoms with Crippen LogP contribution in [0.4, 0.5) is 39.5 Å². The van der Waals surface area contributed by atoms with Crippen molar-refractivity contribution in [2.45, 2.75) is 106 Å². The number of rotatable bonds is 18. The molecule has 210 valence electrons. The first-order valence-electron chi connectivity index (χ1n) is 10.9. The molecule has 0 saturated heterocycles. The van der Waals surface area contributed by atoms with Gasteiger partial charge < -0.3 is 25.2 Å². The number of alkyl halides is 9. The molecule has 0 aromatic heterocycles. The van der Waals surface area contributed by atoms with E-state index in [-0.39, 0.29) is 19.3 Å². The van der Waals surface area contributed by atoms with Gasteiger partial charge in [0.15, 0.2) is 0 Å². The van der Waals surface area contributed by atoms with Crippen molar-refractivity contribution in [3.8, 4) is 0 Å². The molecule has 6 nitrogen and oxygen atoms in total. The van der Waals surface area contributed by atoms with Crippen LogP contribution in [0.3, 0.4) is 0 Å². The molecule has 0 heterocycles. The predicted molar refractivity (Wildman–Crippen MR) is 103 cm³/mol. The van der Waals surface area contributed by atoms with Gasteiger partial charge >= 0.3 is 29.9 Å². The van der Waals surface area contributed by atoms with Crippen LogP contribution in [0.5, 0.6) is 0 Å². The van der Waals surface area contributed by atoms with Gasteiger partial charge in [-0.25, -0.2) is 0 Å². The molecule has 0 aromatic carbocycles. The number of esters is 1. The minimum absolute atomic E-state index is 0.0166. The molecule has 0 unspecified atom stereocenters. The summed E-state index contributed by atoms with van der Waals surface area (Å²) in [6.07, 6.45) is -11.4. The van der Waals surface area contributed by atoms with E-state index in [1.54, 1.807) is 0 Å². The normalized spacial score (nSPS) is 16.1. The number of ether oxygens (including phenoxy) is 1. The smallest absolute Gasteiger partial charge is 0.460 e. The van der Waals surface area contributed by atoms with Crippen LogP contribution in [0.2, 0.25) is 0 Å². The standard InChI is InChI=1S/C20H31F9O6/c21-17(22,18(23,24)19(25,26)20(27,28)29)10-8-6-4-2-1-3-5-7-9-15(33)35-12-14(32)16(34)13(31)11-30/h13-14,16,30-32,34H,1-12H2/t13-,14+,16+/m0/s1. The quantitative estimate of drug-likeness (QED) is 0.120. The van der Waals surface area contributed by atoms with Crippen LogP contribution in [0, 0.1) is 0 Å². The third-order valence-electron chi connectivity index (χ3n) is 5.22. The first-order valence-corrected chi connectivity index (χ1v) is 10.9. The minimum atomic E-state index is -6.86. The van der Waals surface area contributed by atoms with Gasteiger partial charge in [0.05, 0.1) is 6.61 Å². The Labute approximate surface area is 196 Å². The molecule has 35 heavy (non-hydrogen) atoms. The molecule has 0 spiro atoms. The molecule has 3 atom stereocenters. The first kappa shape index (κ1) is 33.7. The highest BCUT2D eigenvalue weighted by molar-refractivity contribution is 5.69. The third-order valence-corrected chi connectivity index (χ3v) is 5.22. The Balaban J connectivity index is 3.99. The maximum absolute atomic E-state index is 13.4. The lowest BCUT2D eigenvalue weighted by molar-refractivity contribution is -0.396. The van der Waals surface area contributed by atoms with E-state index in [0.29, 0.717) is 32.1 Å². The Bertz CT molecular complexity index is 616. The van der Waals surface area contributed by atoms with Crippen LogP contribution in [-0.2, 0) is 9.53 Å². The maximum atomic E-state index is 13.4. The number of carbonyl (C=O) groups excluding carboxylic acids is 1. The van der Waals surface area contributed by atoms with Crippen LogP contribution in [0.25, 0.3) is 0 Å². The highest BCUT2D eigenvalue weighted by atomic mass is 19.4. The summed E-state index contributed by atoms with van der Waals surface area (Å²) in [5.41, 5.74) is 0. The first-order chi connectivity index (χ1) is 15.9. The van der Waals surface area contributed by atoms with E-state index in [1.807, 2.05) is 0 Å². The fraction of sp³-hybridized carbons (Fsp3) is 0.950. The number of hydrogen-bond acceptors (Lipinski definition) is 6. The van der Waals surface area contributed by atoms with Crippen LogP contribution in [0.1, 0.15) is 64.2 Å². The molecule has 0 radical (unpaired) electrons. The molecule has 0 aliphatic carbocycles. The van der Waals surface area contributed by atoms with Gasteiger partial charge in [0.1, 0.15) is 24.9 Å². The molecule has 0 fully saturated rings. The van der Waals surface area contributed by atoms with Crippen molar-refractivity contribution in [2.24, 2.45) is 0 Å².